The van der Waals surface area contributed by atoms with E-state index in [1.165, 1.54) is 0 Å². The standard InChI is InChI=1S/C11H12F2N2O4S2/c12-8-4-10(15(16)17)11(5-9(8)13)21(18,19)14-6-7-2-1-3-20-7/h4-5,7,14H,1-3,6H2. The molecule has 0 bridgehead atoms. The van der Waals surface area contributed by atoms with Crippen molar-refractivity contribution in [3.05, 3.63) is 33.9 Å². The Hall–Kier alpha value is -1.26. The van der Waals surface area contributed by atoms with Crippen LogP contribution in [0.4, 0.5) is 14.5 Å². The van der Waals surface area contributed by atoms with Gasteiger partial charge in [0.1, 0.15) is 0 Å². The van der Waals surface area contributed by atoms with Crippen molar-refractivity contribution in [1.82, 2.24) is 4.72 Å². The fourth-order valence-corrected chi connectivity index (χ4v) is 4.51. The van der Waals surface area contributed by atoms with Crippen molar-refractivity contribution in [2.75, 3.05) is 12.3 Å². The molecule has 1 N–H and O–H groups in total. The molecule has 116 valence electrons. The van der Waals surface area contributed by atoms with Crippen LogP contribution in [0, 0.1) is 21.7 Å². The number of halogens is 2. The van der Waals surface area contributed by atoms with Crippen molar-refractivity contribution in [2.24, 2.45) is 0 Å². The lowest BCUT2D eigenvalue weighted by Gasteiger charge is -2.11. The largest absolute Gasteiger partial charge is 0.292 e. The van der Waals surface area contributed by atoms with E-state index in [2.05, 4.69) is 4.72 Å². The lowest BCUT2D eigenvalue weighted by atomic mass is 10.2. The maximum atomic E-state index is 13.2. The zero-order valence-electron chi connectivity index (χ0n) is 10.7. The average molecular weight is 338 g/mol. The van der Waals surface area contributed by atoms with Crippen molar-refractivity contribution < 1.29 is 22.1 Å². The van der Waals surface area contributed by atoms with E-state index in [0.29, 0.717) is 6.07 Å². The zero-order valence-corrected chi connectivity index (χ0v) is 12.3. The minimum absolute atomic E-state index is 0.0872. The molecule has 1 aromatic carbocycles. The summed E-state index contributed by atoms with van der Waals surface area (Å²) in [5.41, 5.74) is -0.986. The monoisotopic (exact) mass is 338 g/mol. The van der Waals surface area contributed by atoms with Crippen LogP contribution in [0.3, 0.4) is 0 Å². The number of nitrogens with one attached hydrogen (secondary N) is 1. The summed E-state index contributed by atoms with van der Waals surface area (Å²) in [5.74, 6) is -1.99. The Morgan fingerprint density at radius 2 is 2.05 bits per heavy atom. The normalized spacial score (nSPS) is 18.9. The molecule has 1 fully saturated rings. The summed E-state index contributed by atoms with van der Waals surface area (Å²) in [5, 5.41) is 10.9. The fourth-order valence-electron chi connectivity index (χ4n) is 1.96. The van der Waals surface area contributed by atoms with E-state index in [4.69, 9.17) is 0 Å². The summed E-state index contributed by atoms with van der Waals surface area (Å²) in [7, 11) is -4.27. The maximum Gasteiger partial charge on any atom is 0.292 e. The third-order valence-electron chi connectivity index (χ3n) is 3.01. The first-order valence-corrected chi connectivity index (χ1v) is 8.59. The van der Waals surface area contributed by atoms with E-state index >= 15 is 0 Å². The molecular weight excluding hydrogens is 326 g/mol. The number of benzene rings is 1. The second-order valence-electron chi connectivity index (χ2n) is 4.48. The summed E-state index contributed by atoms with van der Waals surface area (Å²) in [6.07, 6.45) is 1.81. The molecule has 0 aromatic heterocycles. The Balaban J connectivity index is 2.29. The van der Waals surface area contributed by atoms with Gasteiger partial charge >= 0.3 is 0 Å². The number of hydrogen-bond donors (Lipinski definition) is 1. The van der Waals surface area contributed by atoms with Crippen molar-refractivity contribution in [1.29, 1.82) is 0 Å². The molecule has 0 saturated carbocycles. The molecule has 0 spiro atoms. The van der Waals surface area contributed by atoms with Gasteiger partial charge in [0.2, 0.25) is 10.0 Å². The molecule has 1 aromatic rings. The third-order valence-corrected chi connectivity index (χ3v) is 5.86. The van der Waals surface area contributed by atoms with E-state index in [1.807, 2.05) is 0 Å². The van der Waals surface area contributed by atoms with Crippen LogP contribution in [0.15, 0.2) is 17.0 Å². The molecule has 21 heavy (non-hydrogen) atoms. The third kappa shape index (κ3) is 3.69. The van der Waals surface area contributed by atoms with Gasteiger partial charge in [0.15, 0.2) is 16.5 Å². The van der Waals surface area contributed by atoms with Gasteiger partial charge in [0.25, 0.3) is 5.69 Å². The predicted molar refractivity (Wildman–Crippen MR) is 73.7 cm³/mol. The molecule has 0 radical (unpaired) electrons. The Kier molecular flexibility index (Phi) is 4.79. The molecule has 1 saturated heterocycles. The SMILES string of the molecule is O=[N+]([O-])c1cc(F)c(F)cc1S(=O)(=O)NCC1CCCS1. The molecule has 0 amide bonds. The van der Waals surface area contributed by atoms with Crippen LogP contribution in [-0.4, -0.2) is 30.9 Å². The summed E-state index contributed by atoms with van der Waals surface area (Å²) in [4.78, 5) is 8.89. The lowest BCUT2D eigenvalue weighted by Crippen LogP contribution is -2.30. The Bertz CT molecular complexity index is 660. The van der Waals surface area contributed by atoms with Crippen LogP contribution >= 0.6 is 11.8 Å². The van der Waals surface area contributed by atoms with Gasteiger partial charge in [-0.25, -0.2) is 21.9 Å². The van der Waals surface area contributed by atoms with E-state index < -0.39 is 37.2 Å². The van der Waals surface area contributed by atoms with Crippen molar-refractivity contribution in [3.63, 3.8) is 0 Å². The first-order valence-electron chi connectivity index (χ1n) is 6.06. The number of hydrogen-bond acceptors (Lipinski definition) is 5. The van der Waals surface area contributed by atoms with Gasteiger partial charge < -0.3 is 0 Å². The Morgan fingerprint density at radius 3 is 2.62 bits per heavy atom. The lowest BCUT2D eigenvalue weighted by molar-refractivity contribution is -0.388. The maximum absolute atomic E-state index is 13.2. The molecule has 1 atom stereocenters. The first-order chi connectivity index (χ1) is 9.81. The molecule has 0 aliphatic carbocycles. The summed E-state index contributed by atoms with van der Waals surface area (Å²) < 4.78 is 52.6. The highest BCUT2D eigenvalue weighted by Gasteiger charge is 2.29. The van der Waals surface area contributed by atoms with Gasteiger partial charge in [-0.1, -0.05) is 0 Å². The number of rotatable bonds is 5. The predicted octanol–water partition coefficient (Wildman–Crippen LogP) is 2.05. The summed E-state index contributed by atoms with van der Waals surface area (Å²) >= 11 is 1.60. The van der Waals surface area contributed by atoms with Gasteiger partial charge in [0.05, 0.1) is 11.0 Å². The van der Waals surface area contributed by atoms with Gasteiger partial charge in [0, 0.05) is 17.9 Å². The van der Waals surface area contributed by atoms with E-state index in [0.717, 1.165) is 18.6 Å². The number of thioether (sulfide) groups is 1. The second-order valence-corrected chi connectivity index (χ2v) is 7.62. The first kappa shape index (κ1) is 16.1. The minimum atomic E-state index is -4.27. The van der Waals surface area contributed by atoms with Crippen LogP contribution in [0.25, 0.3) is 0 Å². The smallest absolute Gasteiger partial charge is 0.258 e. The number of nitro benzene ring substituents is 1. The van der Waals surface area contributed by atoms with Crippen molar-refractivity contribution in [2.45, 2.75) is 23.0 Å². The molecule has 10 heteroatoms. The van der Waals surface area contributed by atoms with E-state index in [9.17, 15) is 27.3 Å². The van der Waals surface area contributed by atoms with E-state index in [1.54, 1.807) is 11.8 Å². The molecule has 6 nitrogen and oxygen atoms in total. The molecule has 1 heterocycles. The fraction of sp³-hybridized carbons (Fsp3) is 0.455. The summed E-state index contributed by atoms with van der Waals surface area (Å²) in [6.45, 7) is 0.100. The second kappa shape index (κ2) is 6.24. The van der Waals surface area contributed by atoms with Crippen LogP contribution in [-0.2, 0) is 10.0 Å². The molecule has 1 aliphatic heterocycles. The topological polar surface area (TPSA) is 89.3 Å². The average Bonchev–Trinajstić information content (AvgIpc) is 2.92. The molecule has 1 unspecified atom stereocenters. The Labute approximate surface area is 124 Å². The highest BCUT2D eigenvalue weighted by atomic mass is 32.2. The van der Waals surface area contributed by atoms with Gasteiger partial charge in [-0.2, -0.15) is 11.8 Å². The molecule has 2 rings (SSSR count). The molecule has 1 aliphatic rings. The number of nitrogens with zero attached hydrogens (tertiary/aromatic N) is 1. The van der Waals surface area contributed by atoms with E-state index in [-0.39, 0.29) is 17.9 Å². The highest BCUT2D eigenvalue weighted by Crippen LogP contribution is 2.28. The molecular formula is C11H12F2N2O4S2. The quantitative estimate of drug-likeness (QED) is 0.655. The Morgan fingerprint density at radius 1 is 1.38 bits per heavy atom. The van der Waals surface area contributed by atoms with Crippen molar-refractivity contribution in [3.8, 4) is 0 Å². The zero-order chi connectivity index (χ0) is 15.6. The minimum Gasteiger partial charge on any atom is -0.258 e. The number of nitro groups is 1. The van der Waals surface area contributed by atoms with Crippen LogP contribution < -0.4 is 4.72 Å². The van der Waals surface area contributed by atoms with Crippen LogP contribution in [0.1, 0.15) is 12.8 Å². The van der Waals surface area contributed by atoms with Gasteiger partial charge in [-0.3, -0.25) is 10.1 Å². The highest BCUT2D eigenvalue weighted by molar-refractivity contribution is 8.00. The number of sulfonamides is 1. The van der Waals surface area contributed by atoms with Gasteiger partial charge in [-0.15, -0.1) is 0 Å². The van der Waals surface area contributed by atoms with Crippen molar-refractivity contribution >= 4 is 27.5 Å². The van der Waals surface area contributed by atoms with Crippen LogP contribution in [0.2, 0.25) is 0 Å². The van der Waals surface area contributed by atoms with Crippen LogP contribution in [0.5, 0.6) is 0 Å². The van der Waals surface area contributed by atoms with Gasteiger partial charge in [-0.05, 0) is 18.6 Å². The summed E-state index contributed by atoms with van der Waals surface area (Å²) in [6, 6.07) is 0.603.